The zero-order valence-corrected chi connectivity index (χ0v) is 13.3. The Morgan fingerprint density at radius 2 is 2.00 bits per heavy atom. The first-order chi connectivity index (χ1) is 11.3. The van der Waals surface area contributed by atoms with Crippen molar-refractivity contribution in [3.63, 3.8) is 0 Å². The second-order valence-electron chi connectivity index (χ2n) is 5.79. The van der Waals surface area contributed by atoms with E-state index in [2.05, 4.69) is 34.5 Å². The van der Waals surface area contributed by atoms with Gasteiger partial charge in [0.15, 0.2) is 5.69 Å². The van der Waals surface area contributed by atoms with Crippen molar-refractivity contribution < 1.29 is 9.53 Å². The SMILES string of the molecule is O=C(OCC1Cc2ccccc2C1)c1cc(-c2cccs2)[nH]n1. The number of hydrogen-bond donors (Lipinski definition) is 1. The molecule has 116 valence electrons. The summed E-state index contributed by atoms with van der Waals surface area (Å²) in [5.41, 5.74) is 3.92. The zero-order chi connectivity index (χ0) is 15.6. The molecule has 4 nitrogen and oxygen atoms in total. The van der Waals surface area contributed by atoms with E-state index in [-0.39, 0.29) is 5.97 Å². The number of ether oxygens (including phenoxy) is 1. The van der Waals surface area contributed by atoms with Crippen LogP contribution in [-0.4, -0.2) is 22.8 Å². The molecule has 0 saturated heterocycles. The van der Waals surface area contributed by atoms with Gasteiger partial charge in [-0.2, -0.15) is 5.10 Å². The van der Waals surface area contributed by atoms with E-state index in [0.29, 0.717) is 18.2 Å². The van der Waals surface area contributed by atoms with Crippen molar-refractivity contribution in [1.29, 1.82) is 0 Å². The Bertz CT molecular complexity index is 798. The van der Waals surface area contributed by atoms with Crippen LogP contribution < -0.4 is 0 Å². The van der Waals surface area contributed by atoms with Crippen molar-refractivity contribution in [2.24, 2.45) is 5.92 Å². The summed E-state index contributed by atoms with van der Waals surface area (Å²) in [6.07, 6.45) is 1.95. The van der Waals surface area contributed by atoms with Crippen molar-refractivity contribution in [1.82, 2.24) is 10.2 Å². The second-order valence-corrected chi connectivity index (χ2v) is 6.73. The third-order valence-corrected chi connectivity index (χ3v) is 5.06. The minimum absolute atomic E-state index is 0.337. The molecule has 0 radical (unpaired) electrons. The van der Waals surface area contributed by atoms with Gasteiger partial charge in [0.05, 0.1) is 17.2 Å². The van der Waals surface area contributed by atoms with Crippen molar-refractivity contribution in [3.05, 3.63) is 64.7 Å². The van der Waals surface area contributed by atoms with Crippen LogP contribution in [0.1, 0.15) is 21.6 Å². The standard InChI is InChI=1S/C18H16N2O2S/c21-18(16-10-15(19-20-16)17-6-3-7-23-17)22-11-12-8-13-4-1-2-5-14(13)9-12/h1-7,10,12H,8-9,11H2,(H,19,20). The third kappa shape index (κ3) is 2.92. The van der Waals surface area contributed by atoms with Gasteiger partial charge in [-0.1, -0.05) is 30.3 Å². The normalized spacial score (nSPS) is 13.9. The zero-order valence-electron chi connectivity index (χ0n) is 12.5. The highest BCUT2D eigenvalue weighted by molar-refractivity contribution is 7.13. The molecular formula is C18H16N2O2S. The molecule has 2 heterocycles. The second kappa shape index (κ2) is 6.01. The van der Waals surface area contributed by atoms with Crippen molar-refractivity contribution in [2.75, 3.05) is 6.61 Å². The average Bonchev–Trinajstić information content (AvgIpc) is 3.31. The molecule has 0 fully saturated rings. The van der Waals surface area contributed by atoms with Gasteiger partial charge in [0.1, 0.15) is 0 Å². The summed E-state index contributed by atoms with van der Waals surface area (Å²) < 4.78 is 5.46. The summed E-state index contributed by atoms with van der Waals surface area (Å²) in [6.45, 7) is 0.439. The Kier molecular flexibility index (Phi) is 3.71. The molecule has 23 heavy (non-hydrogen) atoms. The van der Waals surface area contributed by atoms with Crippen molar-refractivity contribution in [2.45, 2.75) is 12.8 Å². The van der Waals surface area contributed by atoms with Gasteiger partial charge in [-0.05, 0) is 41.5 Å². The van der Waals surface area contributed by atoms with E-state index in [9.17, 15) is 4.79 Å². The lowest BCUT2D eigenvalue weighted by Gasteiger charge is -2.08. The predicted octanol–water partition coefficient (Wildman–Crippen LogP) is 3.71. The lowest BCUT2D eigenvalue weighted by molar-refractivity contribution is 0.0437. The molecule has 0 aliphatic heterocycles. The average molecular weight is 324 g/mol. The number of aromatic nitrogens is 2. The highest BCUT2D eigenvalue weighted by Crippen LogP contribution is 2.27. The van der Waals surface area contributed by atoms with Crippen LogP contribution in [0.3, 0.4) is 0 Å². The van der Waals surface area contributed by atoms with Crippen LogP contribution in [0.25, 0.3) is 10.6 Å². The summed E-state index contributed by atoms with van der Waals surface area (Å²) in [5, 5.41) is 8.95. The number of H-pyrrole nitrogens is 1. The Morgan fingerprint density at radius 1 is 1.22 bits per heavy atom. The summed E-state index contributed by atoms with van der Waals surface area (Å²) in [4.78, 5) is 13.2. The van der Waals surface area contributed by atoms with Gasteiger partial charge >= 0.3 is 5.97 Å². The minimum Gasteiger partial charge on any atom is -0.461 e. The Labute approximate surface area is 138 Å². The van der Waals surface area contributed by atoms with Crippen LogP contribution in [0.2, 0.25) is 0 Å². The van der Waals surface area contributed by atoms with Crippen LogP contribution in [0, 0.1) is 5.92 Å². The van der Waals surface area contributed by atoms with E-state index in [1.165, 1.54) is 11.1 Å². The van der Waals surface area contributed by atoms with Gasteiger partial charge in [0.2, 0.25) is 0 Å². The van der Waals surface area contributed by atoms with Crippen LogP contribution >= 0.6 is 11.3 Å². The fraction of sp³-hybridized carbons (Fsp3) is 0.222. The summed E-state index contributed by atoms with van der Waals surface area (Å²) >= 11 is 1.60. The van der Waals surface area contributed by atoms with E-state index >= 15 is 0 Å². The molecule has 0 amide bonds. The van der Waals surface area contributed by atoms with E-state index in [1.807, 2.05) is 17.5 Å². The number of nitrogens with one attached hydrogen (secondary N) is 1. The maximum Gasteiger partial charge on any atom is 0.358 e. The Hall–Kier alpha value is -2.40. The van der Waals surface area contributed by atoms with Gasteiger partial charge in [-0.15, -0.1) is 11.3 Å². The van der Waals surface area contributed by atoms with Crippen LogP contribution in [0.5, 0.6) is 0 Å². The van der Waals surface area contributed by atoms with E-state index < -0.39 is 0 Å². The minimum atomic E-state index is -0.361. The summed E-state index contributed by atoms with van der Waals surface area (Å²) in [5.74, 6) is 0.00655. The first kappa shape index (κ1) is 14.2. The first-order valence-electron chi connectivity index (χ1n) is 7.63. The van der Waals surface area contributed by atoms with Crippen LogP contribution in [0.15, 0.2) is 47.8 Å². The van der Waals surface area contributed by atoms with Gasteiger partial charge in [0.25, 0.3) is 0 Å². The third-order valence-electron chi connectivity index (χ3n) is 4.16. The number of rotatable bonds is 4. The number of hydrogen-bond acceptors (Lipinski definition) is 4. The fourth-order valence-electron chi connectivity index (χ4n) is 3.02. The number of benzene rings is 1. The lowest BCUT2D eigenvalue weighted by Crippen LogP contribution is -2.14. The first-order valence-corrected chi connectivity index (χ1v) is 8.51. The van der Waals surface area contributed by atoms with E-state index in [0.717, 1.165) is 23.4 Å². The summed E-state index contributed by atoms with van der Waals surface area (Å²) in [6, 6.07) is 14.1. The van der Waals surface area contributed by atoms with Gasteiger partial charge in [-0.25, -0.2) is 4.79 Å². The molecule has 1 aliphatic carbocycles. The Morgan fingerprint density at radius 3 is 2.70 bits per heavy atom. The van der Waals surface area contributed by atoms with Crippen LogP contribution in [-0.2, 0) is 17.6 Å². The number of thiophene rings is 1. The van der Waals surface area contributed by atoms with Crippen molar-refractivity contribution in [3.8, 4) is 10.6 Å². The van der Waals surface area contributed by atoms with E-state index in [1.54, 1.807) is 17.4 Å². The molecule has 1 aromatic carbocycles. The molecule has 1 N–H and O–H groups in total. The highest BCUT2D eigenvalue weighted by atomic mass is 32.1. The lowest BCUT2D eigenvalue weighted by atomic mass is 10.1. The number of carbonyl (C=O) groups is 1. The summed E-state index contributed by atoms with van der Waals surface area (Å²) in [7, 11) is 0. The molecular weight excluding hydrogens is 308 g/mol. The molecule has 3 aromatic rings. The quantitative estimate of drug-likeness (QED) is 0.744. The highest BCUT2D eigenvalue weighted by Gasteiger charge is 2.23. The molecule has 4 rings (SSSR count). The van der Waals surface area contributed by atoms with E-state index in [4.69, 9.17) is 4.74 Å². The maximum absolute atomic E-state index is 12.2. The molecule has 1 aliphatic rings. The molecule has 0 spiro atoms. The Balaban J connectivity index is 1.36. The molecule has 0 saturated carbocycles. The number of carbonyl (C=O) groups excluding carboxylic acids is 1. The number of nitrogens with zero attached hydrogens (tertiary/aromatic N) is 1. The van der Waals surface area contributed by atoms with Gasteiger partial charge in [0, 0.05) is 5.92 Å². The molecule has 2 aromatic heterocycles. The van der Waals surface area contributed by atoms with Gasteiger partial charge in [-0.3, -0.25) is 5.10 Å². The number of fused-ring (bicyclic) bond motifs is 1. The topological polar surface area (TPSA) is 55.0 Å². The predicted molar refractivity (Wildman–Crippen MR) is 89.5 cm³/mol. The molecule has 5 heteroatoms. The molecule has 0 atom stereocenters. The monoisotopic (exact) mass is 324 g/mol. The van der Waals surface area contributed by atoms with Crippen molar-refractivity contribution >= 4 is 17.3 Å². The van der Waals surface area contributed by atoms with Gasteiger partial charge < -0.3 is 4.74 Å². The molecule has 0 unspecified atom stereocenters. The smallest absolute Gasteiger partial charge is 0.358 e. The largest absolute Gasteiger partial charge is 0.461 e. The molecule has 0 bridgehead atoms. The number of aromatic amines is 1. The maximum atomic E-state index is 12.2. The number of esters is 1. The van der Waals surface area contributed by atoms with Crippen LogP contribution in [0.4, 0.5) is 0 Å². The fourth-order valence-corrected chi connectivity index (χ4v) is 3.71.